The summed E-state index contributed by atoms with van der Waals surface area (Å²) in [5.74, 6) is 0.940. The maximum absolute atomic E-state index is 12.0. The quantitative estimate of drug-likeness (QED) is 0.876. The van der Waals surface area contributed by atoms with Crippen LogP contribution in [-0.2, 0) is 17.6 Å². The average Bonchev–Trinajstić information content (AvgIpc) is 2.65. The van der Waals surface area contributed by atoms with Crippen LogP contribution in [0.2, 0.25) is 0 Å². The lowest BCUT2D eigenvalue weighted by Gasteiger charge is -2.30. The highest BCUT2D eigenvalue weighted by molar-refractivity contribution is 5.98. The average molecular weight is 260 g/mol. The lowest BCUT2D eigenvalue weighted by Crippen LogP contribution is -2.39. The summed E-state index contributed by atoms with van der Waals surface area (Å²) >= 11 is 0. The molecule has 4 nitrogen and oxygen atoms in total. The molecule has 1 aromatic rings. The third-order valence-corrected chi connectivity index (χ3v) is 3.81. The molecular formula is C15H20N2O2. The molecular weight excluding hydrogens is 240 g/mol. The third kappa shape index (κ3) is 2.32. The summed E-state index contributed by atoms with van der Waals surface area (Å²) in [7, 11) is 0. The first-order chi connectivity index (χ1) is 9.29. The molecule has 1 aromatic carbocycles. The Morgan fingerprint density at radius 1 is 1.26 bits per heavy atom. The number of anilines is 1. The number of benzene rings is 1. The Labute approximate surface area is 113 Å². The number of ether oxygens (including phenoxy) is 1. The van der Waals surface area contributed by atoms with E-state index in [2.05, 4.69) is 24.4 Å². The molecule has 2 aliphatic rings. The number of hydrogen-bond acceptors (Lipinski definition) is 3. The number of hydrogen-bond donors (Lipinski definition) is 1. The summed E-state index contributed by atoms with van der Waals surface area (Å²) in [5, 5.41) is 3.41. The van der Waals surface area contributed by atoms with E-state index < -0.39 is 0 Å². The molecule has 3 rings (SSSR count). The fourth-order valence-corrected chi connectivity index (χ4v) is 2.84. The van der Waals surface area contributed by atoms with E-state index in [1.807, 2.05) is 4.90 Å². The second-order valence-electron chi connectivity index (χ2n) is 5.17. The molecule has 0 spiro atoms. The molecule has 0 bridgehead atoms. The zero-order valence-corrected chi connectivity index (χ0v) is 11.4. The van der Waals surface area contributed by atoms with Gasteiger partial charge in [-0.25, -0.2) is 0 Å². The molecule has 1 N–H and O–H groups in total. The van der Waals surface area contributed by atoms with E-state index in [0.717, 1.165) is 50.3 Å². The Morgan fingerprint density at radius 2 is 2.00 bits per heavy atom. The molecule has 0 radical (unpaired) electrons. The van der Waals surface area contributed by atoms with E-state index in [1.54, 1.807) is 0 Å². The van der Waals surface area contributed by atoms with Crippen molar-refractivity contribution in [3.05, 3.63) is 23.3 Å². The van der Waals surface area contributed by atoms with Crippen molar-refractivity contribution in [2.45, 2.75) is 26.2 Å². The number of nitrogens with one attached hydrogen (secondary N) is 1. The van der Waals surface area contributed by atoms with Crippen LogP contribution in [0.15, 0.2) is 12.1 Å². The molecule has 2 heterocycles. The topological polar surface area (TPSA) is 41.6 Å². The smallest absolute Gasteiger partial charge is 0.265 e. The van der Waals surface area contributed by atoms with Gasteiger partial charge < -0.3 is 15.0 Å². The van der Waals surface area contributed by atoms with Crippen molar-refractivity contribution in [2.24, 2.45) is 0 Å². The maximum atomic E-state index is 12.0. The van der Waals surface area contributed by atoms with Gasteiger partial charge in [0.15, 0.2) is 6.61 Å². The predicted molar refractivity (Wildman–Crippen MR) is 74.9 cm³/mol. The molecule has 0 fully saturated rings. The van der Waals surface area contributed by atoms with Crippen LogP contribution < -0.4 is 15.0 Å². The van der Waals surface area contributed by atoms with Crippen LogP contribution >= 0.6 is 0 Å². The summed E-state index contributed by atoms with van der Waals surface area (Å²) in [4.78, 5) is 13.8. The van der Waals surface area contributed by atoms with Crippen LogP contribution in [0.3, 0.4) is 0 Å². The molecule has 0 unspecified atom stereocenters. The fourth-order valence-electron chi connectivity index (χ4n) is 2.84. The molecule has 0 aliphatic carbocycles. The predicted octanol–water partition coefficient (Wildman–Crippen LogP) is 1.51. The van der Waals surface area contributed by atoms with Gasteiger partial charge in [0.05, 0.1) is 5.69 Å². The van der Waals surface area contributed by atoms with Crippen LogP contribution in [0.1, 0.15) is 24.5 Å². The number of nitrogens with zero attached hydrogens (tertiary/aromatic N) is 1. The van der Waals surface area contributed by atoms with Crippen LogP contribution in [0, 0.1) is 0 Å². The van der Waals surface area contributed by atoms with Gasteiger partial charge in [-0.15, -0.1) is 0 Å². The van der Waals surface area contributed by atoms with Crippen LogP contribution in [0.4, 0.5) is 5.69 Å². The van der Waals surface area contributed by atoms with E-state index in [4.69, 9.17) is 4.74 Å². The van der Waals surface area contributed by atoms with Gasteiger partial charge in [0.2, 0.25) is 0 Å². The number of carbonyl (C=O) groups excluding carboxylic acids is 1. The van der Waals surface area contributed by atoms with Gasteiger partial charge in [0.1, 0.15) is 5.75 Å². The standard InChI is InChI=1S/C15H20N2O2/c1-2-7-17-13-8-11-3-5-16-6-4-12(11)9-14(13)19-10-15(17)18/h8-9,16H,2-7,10H2,1H3. The number of rotatable bonds is 2. The van der Waals surface area contributed by atoms with E-state index >= 15 is 0 Å². The SMILES string of the molecule is CCCN1C(=O)COc2cc3c(cc21)CCNCC3. The normalized spacial score (nSPS) is 18.4. The minimum Gasteiger partial charge on any atom is -0.482 e. The Hall–Kier alpha value is -1.55. The zero-order chi connectivity index (χ0) is 13.2. The first-order valence-corrected chi connectivity index (χ1v) is 7.09. The van der Waals surface area contributed by atoms with Gasteiger partial charge in [0, 0.05) is 6.54 Å². The summed E-state index contributed by atoms with van der Waals surface area (Å²) in [6.07, 6.45) is 3.02. The van der Waals surface area contributed by atoms with Gasteiger partial charge in [0.25, 0.3) is 5.91 Å². The zero-order valence-electron chi connectivity index (χ0n) is 11.4. The Kier molecular flexibility index (Phi) is 3.42. The van der Waals surface area contributed by atoms with Gasteiger partial charge in [-0.1, -0.05) is 6.92 Å². The van der Waals surface area contributed by atoms with E-state index in [-0.39, 0.29) is 12.5 Å². The minimum absolute atomic E-state index is 0.0704. The second-order valence-corrected chi connectivity index (χ2v) is 5.17. The number of carbonyl (C=O) groups is 1. The third-order valence-electron chi connectivity index (χ3n) is 3.81. The van der Waals surface area contributed by atoms with E-state index in [9.17, 15) is 4.79 Å². The van der Waals surface area contributed by atoms with Gasteiger partial charge >= 0.3 is 0 Å². The molecule has 0 atom stereocenters. The lowest BCUT2D eigenvalue weighted by molar-refractivity contribution is -0.121. The molecule has 0 saturated heterocycles. The lowest BCUT2D eigenvalue weighted by atomic mass is 10.0. The summed E-state index contributed by atoms with van der Waals surface area (Å²) in [6, 6.07) is 4.29. The molecule has 102 valence electrons. The van der Waals surface area contributed by atoms with Crippen molar-refractivity contribution in [2.75, 3.05) is 31.1 Å². The molecule has 1 amide bonds. The first-order valence-electron chi connectivity index (χ1n) is 7.09. The summed E-state index contributed by atoms with van der Waals surface area (Å²) < 4.78 is 5.61. The molecule has 0 aromatic heterocycles. The molecule has 19 heavy (non-hydrogen) atoms. The largest absolute Gasteiger partial charge is 0.482 e. The minimum atomic E-state index is 0.0704. The monoisotopic (exact) mass is 260 g/mol. The van der Waals surface area contributed by atoms with Gasteiger partial charge in [-0.3, -0.25) is 4.79 Å². The summed E-state index contributed by atoms with van der Waals surface area (Å²) in [5.41, 5.74) is 3.66. The molecule has 4 heteroatoms. The fraction of sp³-hybridized carbons (Fsp3) is 0.533. The van der Waals surface area contributed by atoms with Crippen LogP contribution in [-0.4, -0.2) is 32.1 Å². The molecule has 2 aliphatic heterocycles. The first kappa shape index (κ1) is 12.5. The highest BCUT2D eigenvalue weighted by atomic mass is 16.5. The second kappa shape index (κ2) is 5.21. The highest BCUT2D eigenvalue weighted by Gasteiger charge is 2.26. The van der Waals surface area contributed by atoms with E-state index in [1.165, 1.54) is 11.1 Å². The van der Waals surface area contributed by atoms with Crippen molar-refractivity contribution < 1.29 is 9.53 Å². The van der Waals surface area contributed by atoms with E-state index in [0.29, 0.717) is 0 Å². The van der Waals surface area contributed by atoms with Crippen molar-refractivity contribution in [3.8, 4) is 5.75 Å². The number of fused-ring (bicyclic) bond motifs is 2. The van der Waals surface area contributed by atoms with Crippen LogP contribution in [0.5, 0.6) is 5.75 Å². The van der Waals surface area contributed by atoms with Crippen molar-refractivity contribution in [1.29, 1.82) is 0 Å². The highest BCUT2D eigenvalue weighted by Crippen LogP contribution is 2.35. The Balaban J connectivity index is 2.02. The van der Waals surface area contributed by atoms with Crippen molar-refractivity contribution in [3.63, 3.8) is 0 Å². The summed E-state index contributed by atoms with van der Waals surface area (Å²) in [6.45, 7) is 5.06. The number of amides is 1. The van der Waals surface area contributed by atoms with Crippen LogP contribution in [0.25, 0.3) is 0 Å². The van der Waals surface area contributed by atoms with Gasteiger partial charge in [-0.05, 0) is 55.6 Å². The Morgan fingerprint density at radius 3 is 2.74 bits per heavy atom. The maximum Gasteiger partial charge on any atom is 0.265 e. The molecule has 0 saturated carbocycles. The van der Waals surface area contributed by atoms with Gasteiger partial charge in [-0.2, -0.15) is 0 Å². The Bertz CT molecular complexity index is 499. The van der Waals surface area contributed by atoms with Crippen molar-refractivity contribution >= 4 is 11.6 Å². The van der Waals surface area contributed by atoms with Crippen molar-refractivity contribution in [1.82, 2.24) is 5.32 Å².